The molecule has 0 radical (unpaired) electrons. The van der Waals surface area contributed by atoms with E-state index in [1.165, 1.54) is 5.39 Å². The Morgan fingerprint density at radius 1 is 1.29 bits per heavy atom. The van der Waals surface area contributed by atoms with E-state index in [-0.39, 0.29) is 0 Å². The first-order chi connectivity index (χ1) is 8.15. The average Bonchev–Trinajstić information content (AvgIpc) is 2.73. The van der Waals surface area contributed by atoms with Gasteiger partial charge in [-0.2, -0.15) is 0 Å². The summed E-state index contributed by atoms with van der Waals surface area (Å²) in [4.78, 5) is 3.19. The van der Waals surface area contributed by atoms with E-state index in [4.69, 9.17) is 0 Å². The maximum Gasteiger partial charge on any atom is 0.0622 e. The second kappa shape index (κ2) is 4.82. The lowest BCUT2D eigenvalue weighted by molar-refractivity contribution is 0.405. The van der Waals surface area contributed by atoms with Crippen LogP contribution in [0, 0.1) is 0 Å². The summed E-state index contributed by atoms with van der Waals surface area (Å²) in [6.07, 6.45) is 3.95. The normalized spacial score (nSPS) is 12.5. The quantitative estimate of drug-likeness (QED) is 0.634. The fourth-order valence-electron chi connectivity index (χ4n) is 1.59. The number of hydrogen-bond acceptors (Lipinski definition) is 2. The van der Waals surface area contributed by atoms with E-state index in [1.54, 1.807) is 5.01 Å². The van der Waals surface area contributed by atoms with Crippen molar-refractivity contribution in [2.45, 2.75) is 6.92 Å². The summed E-state index contributed by atoms with van der Waals surface area (Å²) in [5, 5.41) is 10.9. The van der Waals surface area contributed by atoms with Crippen LogP contribution in [0.15, 0.2) is 46.5 Å². The van der Waals surface area contributed by atoms with Crippen LogP contribution < -0.4 is 0 Å². The van der Waals surface area contributed by atoms with E-state index < -0.39 is 0 Å². The molecule has 0 bridgehead atoms. The molecule has 88 valence electrons. The number of nitrogens with one attached hydrogen (secondary N) is 1. The number of allylic oxidation sites excluding steroid dienone is 1. The van der Waals surface area contributed by atoms with E-state index in [9.17, 15) is 0 Å². The van der Waals surface area contributed by atoms with Crippen molar-refractivity contribution in [2.75, 3.05) is 14.1 Å². The highest BCUT2D eigenvalue weighted by molar-refractivity contribution is 5.81. The fraction of sp³-hybridized carbons (Fsp3) is 0.231. The average molecular weight is 228 g/mol. The van der Waals surface area contributed by atoms with Crippen molar-refractivity contribution >= 4 is 17.0 Å². The fourth-order valence-corrected chi connectivity index (χ4v) is 1.59. The summed E-state index contributed by atoms with van der Waals surface area (Å²) < 4.78 is 0. The van der Waals surface area contributed by atoms with Crippen LogP contribution >= 0.6 is 0 Å². The second-order valence-electron chi connectivity index (χ2n) is 4.15. The smallest absolute Gasteiger partial charge is 0.0622 e. The van der Waals surface area contributed by atoms with E-state index in [2.05, 4.69) is 39.6 Å². The van der Waals surface area contributed by atoms with Crippen LogP contribution in [0.1, 0.15) is 12.5 Å². The van der Waals surface area contributed by atoms with Gasteiger partial charge in [0.2, 0.25) is 0 Å². The van der Waals surface area contributed by atoms with Gasteiger partial charge in [-0.05, 0) is 36.1 Å². The lowest BCUT2D eigenvalue weighted by Crippen LogP contribution is -1.99. The molecular formula is C13H16N4. The molecular weight excluding hydrogens is 212 g/mol. The highest BCUT2D eigenvalue weighted by atomic mass is 15.5. The molecule has 0 unspecified atom stereocenters. The largest absolute Gasteiger partial charge is 0.361 e. The number of fused-ring (bicyclic) bond motifs is 1. The van der Waals surface area contributed by atoms with Gasteiger partial charge in [0.15, 0.2) is 0 Å². The first-order valence-corrected chi connectivity index (χ1v) is 5.49. The summed E-state index contributed by atoms with van der Waals surface area (Å²) in [6.45, 7) is 1.94. The van der Waals surface area contributed by atoms with Gasteiger partial charge in [0.1, 0.15) is 0 Å². The van der Waals surface area contributed by atoms with Gasteiger partial charge < -0.3 is 4.98 Å². The summed E-state index contributed by atoms with van der Waals surface area (Å²) >= 11 is 0. The van der Waals surface area contributed by atoms with Crippen molar-refractivity contribution in [1.29, 1.82) is 0 Å². The van der Waals surface area contributed by atoms with Gasteiger partial charge in [-0.3, -0.25) is 5.01 Å². The zero-order valence-corrected chi connectivity index (χ0v) is 10.3. The minimum atomic E-state index is 0.879. The molecule has 0 spiro atoms. The molecule has 0 amide bonds. The molecule has 0 aliphatic heterocycles. The van der Waals surface area contributed by atoms with E-state index in [1.807, 2.05) is 33.3 Å². The molecule has 0 atom stereocenters. The van der Waals surface area contributed by atoms with Crippen LogP contribution in [-0.2, 0) is 0 Å². The van der Waals surface area contributed by atoms with Gasteiger partial charge in [-0.25, -0.2) is 0 Å². The number of H-pyrrole nitrogens is 1. The Balaban J connectivity index is 2.24. The second-order valence-corrected chi connectivity index (χ2v) is 4.15. The Morgan fingerprint density at radius 3 is 2.88 bits per heavy atom. The van der Waals surface area contributed by atoms with Gasteiger partial charge in [-0.15, -0.1) is 5.11 Å². The van der Waals surface area contributed by atoms with Crippen molar-refractivity contribution < 1.29 is 0 Å². The molecule has 0 aliphatic carbocycles. The van der Waals surface area contributed by atoms with Crippen molar-refractivity contribution in [3.8, 4) is 0 Å². The molecule has 1 aromatic carbocycles. The Hall–Kier alpha value is -2.10. The van der Waals surface area contributed by atoms with E-state index in [0.717, 1.165) is 16.8 Å². The van der Waals surface area contributed by atoms with Gasteiger partial charge in [-0.1, -0.05) is 17.4 Å². The number of benzene rings is 1. The molecule has 4 heteroatoms. The SMILES string of the molecule is CC(=C\c1ccc2cc[nH]c2c1)/N=N\N(C)C. The molecule has 0 aliphatic rings. The highest BCUT2D eigenvalue weighted by Crippen LogP contribution is 2.16. The minimum absolute atomic E-state index is 0.879. The molecule has 2 rings (SSSR count). The Bertz CT molecular complexity index is 564. The minimum Gasteiger partial charge on any atom is -0.361 e. The Labute approximate surface area is 101 Å². The monoisotopic (exact) mass is 228 g/mol. The number of nitrogens with zero attached hydrogens (tertiary/aromatic N) is 3. The Morgan fingerprint density at radius 2 is 2.12 bits per heavy atom. The number of aromatic nitrogens is 1. The third kappa shape index (κ3) is 2.93. The predicted octanol–water partition coefficient (Wildman–Crippen LogP) is 3.46. The molecule has 1 aromatic heterocycles. The summed E-state index contributed by atoms with van der Waals surface area (Å²) in [6, 6.07) is 8.32. The molecule has 17 heavy (non-hydrogen) atoms. The van der Waals surface area contributed by atoms with Gasteiger partial charge >= 0.3 is 0 Å². The van der Waals surface area contributed by atoms with Crippen molar-refractivity contribution in [2.24, 2.45) is 10.3 Å². The predicted molar refractivity (Wildman–Crippen MR) is 70.5 cm³/mol. The van der Waals surface area contributed by atoms with Crippen LogP contribution in [0.4, 0.5) is 0 Å². The molecule has 2 aromatic rings. The first-order valence-electron chi connectivity index (χ1n) is 5.49. The van der Waals surface area contributed by atoms with E-state index >= 15 is 0 Å². The van der Waals surface area contributed by atoms with Crippen molar-refractivity contribution in [3.63, 3.8) is 0 Å². The molecule has 4 nitrogen and oxygen atoms in total. The van der Waals surface area contributed by atoms with Crippen LogP contribution in [-0.4, -0.2) is 24.1 Å². The molecule has 0 saturated heterocycles. The number of aromatic amines is 1. The lowest BCUT2D eigenvalue weighted by atomic mass is 10.1. The van der Waals surface area contributed by atoms with E-state index in [0.29, 0.717) is 0 Å². The zero-order valence-electron chi connectivity index (χ0n) is 10.3. The number of rotatable bonds is 3. The van der Waals surface area contributed by atoms with Gasteiger partial charge in [0.25, 0.3) is 0 Å². The first kappa shape index (κ1) is 11.4. The standard InChI is InChI=1S/C13H16N4/c1-10(15-16-17(2)3)8-11-4-5-12-6-7-14-13(12)9-11/h4-9,14H,1-3H3/b10-8+,16-15-. The van der Waals surface area contributed by atoms with Crippen molar-refractivity contribution in [1.82, 2.24) is 9.99 Å². The van der Waals surface area contributed by atoms with Crippen LogP contribution in [0.5, 0.6) is 0 Å². The van der Waals surface area contributed by atoms with Gasteiger partial charge in [0, 0.05) is 25.8 Å². The molecule has 0 fully saturated rings. The summed E-state index contributed by atoms with van der Waals surface area (Å²) in [5.74, 6) is 0. The maximum absolute atomic E-state index is 4.09. The molecule has 1 N–H and O–H groups in total. The lowest BCUT2D eigenvalue weighted by Gasteiger charge is -2.00. The highest BCUT2D eigenvalue weighted by Gasteiger charge is 1.95. The number of hydrogen-bond donors (Lipinski definition) is 1. The van der Waals surface area contributed by atoms with Crippen molar-refractivity contribution in [3.05, 3.63) is 41.7 Å². The molecule has 0 saturated carbocycles. The maximum atomic E-state index is 4.09. The van der Waals surface area contributed by atoms with Gasteiger partial charge in [0.05, 0.1) is 5.70 Å². The molecule has 1 heterocycles. The van der Waals surface area contributed by atoms with Crippen LogP contribution in [0.3, 0.4) is 0 Å². The third-order valence-corrected chi connectivity index (χ3v) is 2.34. The topological polar surface area (TPSA) is 43.8 Å². The van der Waals surface area contributed by atoms with Crippen LogP contribution in [0.2, 0.25) is 0 Å². The summed E-state index contributed by atoms with van der Waals surface area (Å²) in [7, 11) is 3.70. The Kier molecular flexibility index (Phi) is 3.23. The summed E-state index contributed by atoms with van der Waals surface area (Å²) in [5.41, 5.74) is 3.14. The third-order valence-electron chi connectivity index (χ3n) is 2.34. The van der Waals surface area contributed by atoms with Crippen LogP contribution in [0.25, 0.3) is 17.0 Å². The zero-order chi connectivity index (χ0) is 12.3.